The highest BCUT2D eigenvalue weighted by Crippen LogP contribution is 2.30. The lowest BCUT2D eigenvalue weighted by molar-refractivity contribution is -0.141. The Morgan fingerprint density at radius 3 is 2.23 bits per heavy atom. The predicted molar refractivity (Wildman–Crippen MR) is 87.7 cm³/mol. The first-order valence-electron chi connectivity index (χ1n) is 8.16. The van der Waals surface area contributed by atoms with Crippen molar-refractivity contribution in [3.8, 4) is 11.4 Å². The lowest BCUT2D eigenvalue weighted by atomic mass is 10.2. The van der Waals surface area contributed by atoms with E-state index in [1.54, 1.807) is 0 Å². The number of nitrogens with zero attached hydrogens (tertiary/aromatic N) is 4. The van der Waals surface area contributed by atoms with Crippen molar-refractivity contribution in [3.05, 3.63) is 59.5 Å². The number of hydrogen-bond donors (Lipinski definition) is 1. The van der Waals surface area contributed by atoms with Crippen LogP contribution in [0.25, 0.3) is 11.4 Å². The van der Waals surface area contributed by atoms with E-state index in [0.29, 0.717) is 6.07 Å². The minimum atomic E-state index is -4.72. The number of pyridine rings is 2. The summed E-state index contributed by atoms with van der Waals surface area (Å²) in [5.41, 5.74) is -2.70. The highest BCUT2D eigenvalue weighted by Gasteiger charge is 2.34. The van der Waals surface area contributed by atoms with Gasteiger partial charge in [-0.3, -0.25) is 14.8 Å². The molecule has 0 aliphatic rings. The van der Waals surface area contributed by atoms with Gasteiger partial charge >= 0.3 is 12.4 Å². The van der Waals surface area contributed by atoms with Gasteiger partial charge in [0.15, 0.2) is 0 Å². The molecule has 1 N–H and O–H groups in total. The van der Waals surface area contributed by atoms with Crippen LogP contribution in [0.5, 0.6) is 0 Å². The van der Waals surface area contributed by atoms with Crippen molar-refractivity contribution in [1.82, 2.24) is 25.4 Å². The Labute approximate surface area is 164 Å². The number of hydrogen-bond acceptors (Lipinski definition) is 6. The molecule has 0 saturated heterocycles. The van der Waals surface area contributed by atoms with Gasteiger partial charge < -0.3 is 9.84 Å². The fourth-order valence-corrected chi connectivity index (χ4v) is 2.32. The molecule has 0 unspecified atom stereocenters. The second kappa shape index (κ2) is 7.72. The van der Waals surface area contributed by atoms with Gasteiger partial charge in [-0.15, -0.1) is 0 Å². The van der Waals surface area contributed by atoms with Gasteiger partial charge in [0.1, 0.15) is 17.4 Å². The zero-order valence-electron chi connectivity index (χ0n) is 14.9. The summed E-state index contributed by atoms with van der Waals surface area (Å²) in [5, 5.41) is 5.93. The minimum absolute atomic E-state index is 0.0187. The number of carbonyl (C=O) groups is 1. The Morgan fingerprint density at radius 2 is 1.60 bits per heavy atom. The topological polar surface area (TPSA) is 93.8 Å². The van der Waals surface area contributed by atoms with E-state index in [2.05, 4.69) is 25.4 Å². The molecule has 7 nitrogen and oxygen atoms in total. The number of amides is 1. The molecule has 3 heterocycles. The van der Waals surface area contributed by atoms with Crippen LogP contribution < -0.4 is 5.32 Å². The van der Waals surface area contributed by atoms with E-state index in [-0.39, 0.29) is 22.8 Å². The highest BCUT2D eigenvalue weighted by molar-refractivity contribution is 5.94. The van der Waals surface area contributed by atoms with Crippen molar-refractivity contribution < 1.29 is 35.7 Å². The molecule has 0 spiro atoms. The standard InChI is InChI=1S/C17H11F6N5O2/c1-8(26-14(29)10-3-5-25-12(7-10)17(21,22)23)15-27-13(28-30-15)9-2-4-24-11(6-9)16(18,19)20/h2-8H,1H3,(H,26,29)/t8-/m0/s1. The number of halogens is 6. The highest BCUT2D eigenvalue weighted by atomic mass is 19.4. The van der Waals surface area contributed by atoms with Crippen LogP contribution in [-0.4, -0.2) is 26.0 Å². The van der Waals surface area contributed by atoms with Gasteiger partial charge in [0.25, 0.3) is 5.91 Å². The lowest BCUT2D eigenvalue weighted by Crippen LogP contribution is -2.27. The smallest absolute Gasteiger partial charge is 0.341 e. The fraction of sp³-hybridized carbons (Fsp3) is 0.235. The molecule has 0 aromatic carbocycles. The summed E-state index contributed by atoms with van der Waals surface area (Å²) >= 11 is 0. The van der Waals surface area contributed by atoms with Crippen molar-refractivity contribution in [2.45, 2.75) is 25.3 Å². The summed E-state index contributed by atoms with van der Waals surface area (Å²) in [6, 6.07) is 2.70. The molecule has 0 aliphatic carbocycles. The van der Waals surface area contributed by atoms with Crippen LogP contribution in [0.2, 0.25) is 0 Å². The van der Waals surface area contributed by atoms with Crippen LogP contribution in [0.15, 0.2) is 41.2 Å². The molecule has 3 rings (SSSR count). The van der Waals surface area contributed by atoms with E-state index in [1.165, 1.54) is 13.0 Å². The van der Waals surface area contributed by atoms with Crippen LogP contribution in [0.3, 0.4) is 0 Å². The van der Waals surface area contributed by atoms with Gasteiger partial charge in [-0.1, -0.05) is 5.16 Å². The Bertz CT molecular complexity index is 1060. The van der Waals surface area contributed by atoms with Gasteiger partial charge in [0.05, 0.1) is 0 Å². The van der Waals surface area contributed by atoms with Gasteiger partial charge in [-0.2, -0.15) is 31.3 Å². The maximum atomic E-state index is 12.8. The van der Waals surface area contributed by atoms with Gasteiger partial charge in [0, 0.05) is 23.5 Å². The first kappa shape index (κ1) is 21.2. The number of aromatic nitrogens is 4. The van der Waals surface area contributed by atoms with Crippen LogP contribution in [0, 0.1) is 0 Å². The van der Waals surface area contributed by atoms with E-state index >= 15 is 0 Å². The maximum absolute atomic E-state index is 12.8. The van der Waals surface area contributed by atoms with Crippen LogP contribution in [0.4, 0.5) is 26.3 Å². The molecular weight excluding hydrogens is 420 g/mol. The Morgan fingerprint density at radius 1 is 1.00 bits per heavy atom. The van der Waals surface area contributed by atoms with E-state index in [1.807, 2.05) is 0 Å². The third kappa shape index (κ3) is 4.72. The van der Waals surface area contributed by atoms with Crippen molar-refractivity contribution >= 4 is 5.91 Å². The Kier molecular flexibility index (Phi) is 5.46. The van der Waals surface area contributed by atoms with Crippen molar-refractivity contribution in [3.63, 3.8) is 0 Å². The summed E-state index contributed by atoms with van der Waals surface area (Å²) < 4.78 is 81.4. The van der Waals surface area contributed by atoms with E-state index in [4.69, 9.17) is 4.52 Å². The quantitative estimate of drug-likeness (QED) is 0.627. The molecule has 1 amide bonds. The normalized spacial score (nSPS) is 13.2. The first-order chi connectivity index (χ1) is 13.9. The van der Waals surface area contributed by atoms with Gasteiger partial charge in [-0.25, -0.2) is 0 Å². The maximum Gasteiger partial charge on any atom is 0.433 e. The molecule has 0 radical (unpaired) electrons. The molecule has 0 aliphatic heterocycles. The van der Waals surface area contributed by atoms with Crippen LogP contribution >= 0.6 is 0 Å². The minimum Gasteiger partial charge on any atom is -0.341 e. The average Bonchev–Trinajstić information content (AvgIpc) is 3.17. The number of alkyl halides is 6. The summed E-state index contributed by atoms with van der Waals surface area (Å²) in [6.07, 6.45) is -7.61. The molecule has 1 atom stereocenters. The lowest BCUT2D eigenvalue weighted by Gasteiger charge is -2.11. The summed E-state index contributed by atoms with van der Waals surface area (Å²) in [7, 11) is 0. The molecule has 30 heavy (non-hydrogen) atoms. The largest absolute Gasteiger partial charge is 0.433 e. The van der Waals surface area contributed by atoms with Crippen LogP contribution in [-0.2, 0) is 12.4 Å². The monoisotopic (exact) mass is 431 g/mol. The molecule has 0 bridgehead atoms. The fourth-order valence-electron chi connectivity index (χ4n) is 2.32. The molecule has 0 fully saturated rings. The number of rotatable bonds is 4. The second-order valence-electron chi connectivity index (χ2n) is 6.01. The molecular formula is C17H11F6N5O2. The van der Waals surface area contributed by atoms with Crippen molar-refractivity contribution in [2.24, 2.45) is 0 Å². The summed E-state index contributed by atoms with van der Waals surface area (Å²) in [6.45, 7) is 1.41. The summed E-state index contributed by atoms with van der Waals surface area (Å²) in [4.78, 5) is 22.5. The third-order valence-corrected chi connectivity index (χ3v) is 3.78. The SMILES string of the molecule is C[C@H](NC(=O)c1ccnc(C(F)(F)F)c1)c1nc(-c2ccnc(C(F)(F)F)c2)no1. The molecule has 158 valence electrons. The predicted octanol–water partition coefficient (Wildman–Crippen LogP) is 4.06. The zero-order chi connectivity index (χ0) is 22.1. The number of nitrogens with one attached hydrogen (secondary N) is 1. The van der Waals surface area contributed by atoms with Gasteiger partial charge in [-0.05, 0) is 31.2 Å². The van der Waals surface area contributed by atoms with E-state index in [0.717, 1.165) is 24.5 Å². The van der Waals surface area contributed by atoms with Gasteiger partial charge in [0.2, 0.25) is 11.7 Å². The molecule has 13 heteroatoms. The first-order valence-corrected chi connectivity index (χ1v) is 8.16. The van der Waals surface area contributed by atoms with E-state index < -0.39 is 35.7 Å². The van der Waals surface area contributed by atoms with E-state index in [9.17, 15) is 31.1 Å². The molecule has 3 aromatic rings. The summed E-state index contributed by atoms with van der Waals surface area (Å²) in [5.74, 6) is -1.20. The third-order valence-electron chi connectivity index (χ3n) is 3.78. The Hall–Kier alpha value is -3.51. The van der Waals surface area contributed by atoms with Crippen molar-refractivity contribution in [2.75, 3.05) is 0 Å². The average molecular weight is 431 g/mol. The van der Waals surface area contributed by atoms with Crippen LogP contribution in [0.1, 0.15) is 40.6 Å². The second-order valence-corrected chi connectivity index (χ2v) is 6.01. The molecule has 3 aromatic heterocycles. The molecule has 0 saturated carbocycles. The zero-order valence-corrected chi connectivity index (χ0v) is 14.9. The Balaban J connectivity index is 1.76. The van der Waals surface area contributed by atoms with Crippen molar-refractivity contribution in [1.29, 1.82) is 0 Å². The number of carbonyl (C=O) groups excluding carboxylic acids is 1.